The van der Waals surface area contributed by atoms with E-state index in [0.717, 1.165) is 29.0 Å². The molecule has 1 amide bonds. The van der Waals surface area contributed by atoms with E-state index >= 15 is 0 Å². The fraction of sp³-hybridized carbons (Fsp3) is 0.320. The van der Waals surface area contributed by atoms with Crippen molar-refractivity contribution in [1.29, 1.82) is 0 Å². The Morgan fingerprint density at radius 2 is 2.06 bits per heavy atom. The van der Waals surface area contributed by atoms with Crippen LogP contribution in [0.5, 0.6) is 0 Å². The smallest absolute Gasteiger partial charge is 0.252 e. The van der Waals surface area contributed by atoms with E-state index < -0.39 is 5.60 Å². The molecule has 2 aromatic heterocycles. The number of nitrogens with one attached hydrogen (secondary N) is 2. The summed E-state index contributed by atoms with van der Waals surface area (Å²) in [5.41, 5.74) is 2.17. The number of hydrogen-bond acceptors (Lipinski definition) is 5. The standard InChI is InChI=1S/C25H25FN4O3/c26-18-9-10-20-22(14-18)29-23(28-20)8-4-12-27-24(31)25(11-5-13-32-25)16-19-15-21(30-33-19)17-6-2-1-3-7-17/h1-3,6-7,9-10,14-15H,4-5,8,11-13,16H2,(H,27,31)(H,28,29). The van der Waals surface area contributed by atoms with Gasteiger partial charge in [-0.1, -0.05) is 35.5 Å². The van der Waals surface area contributed by atoms with E-state index in [9.17, 15) is 9.18 Å². The predicted molar refractivity (Wildman–Crippen MR) is 121 cm³/mol. The number of halogens is 1. The summed E-state index contributed by atoms with van der Waals surface area (Å²) in [6.45, 7) is 1.03. The number of rotatable bonds is 8. The van der Waals surface area contributed by atoms with Crippen molar-refractivity contribution >= 4 is 16.9 Å². The van der Waals surface area contributed by atoms with E-state index in [2.05, 4.69) is 20.4 Å². The van der Waals surface area contributed by atoms with Gasteiger partial charge < -0.3 is 19.6 Å². The summed E-state index contributed by atoms with van der Waals surface area (Å²) in [5.74, 6) is 0.964. The maximum absolute atomic E-state index is 13.4. The molecule has 3 heterocycles. The molecule has 1 fully saturated rings. The molecule has 0 spiro atoms. The lowest BCUT2D eigenvalue weighted by Gasteiger charge is -2.25. The molecular weight excluding hydrogens is 423 g/mol. The monoisotopic (exact) mass is 448 g/mol. The van der Waals surface area contributed by atoms with Gasteiger partial charge in [0.2, 0.25) is 0 Å². The van der Waals surface area contributed by atoms with E-state index in [1.807, 2.05) is 36.4 Å². The minimum absolute atomic E-state index is 0.135. The van der Waals surface area contributed by atoms with Gasteiger partial charge in [-0.2, -0.15) is 0 Å². The van der Waals surface area contributed by atoms with Crippen LogP contribution in [0.2, 0.25) is 0 Å². The van der Waals surface area contributed by atoms with Crippen LogP contribution in [0.1, 0.15) is 30.8 Å². The van der Waals surface area contributed by atoms with E-state index in [1.54, 1.807) is 6.07 Å². The molecule has 2 aromatic carbocycles. The van der Waals surface area contributed by atoms with Crippen molar-refractivity contribution in [1.82, 2.24) is 20.4 Å². The molecular formula is C25H25FN4O3. The highest BCUT2D eigenvalue weighted by Gasteiger charge is 2.43. The van der Waals surface area contributed by atoms with Crippen molar-refractivity contribution in [3.63, 3.8) is 0 Å². The van der Waals surface area contributed by atoms with Crippen LogP contribution in [0.15, 0.2) is 59.1 Å². The molecule has 0 radical (unpaired) electrons. The minimum atomic E-state index is -0.940. The average Bonchev–Trinajstić information content (AvgIpc) is 3.57. The Labute approximate surface area is 190 Å². The number of ether oxygens (including phenoxy) is 1. The zero-order valence-corrected chi connectivity index (χ0v) is 18.1. The summed E-state index contributed by atoms with van der Waals surface area (Å²) in [5, 5.41) is 7.16. The summed E-state index contributed by atoms with van der Waals surface area (Å²) in [4.78, 5) is 20.7. The SMILES string of the molecule is O=C(NCCCc1nc2ccc(F)cc2[nH]1)C1(Cc2cc(-c3ccccc3)no2)CCCO1. The van der Waals surface area contributed by atoms with Crippen LogP contribution in [0.25, 0.3) is 22.3 Å². The van der Waals surface area contributed by atoms with Gasteiger partial charge in [-0.05, 0) is 37.5 Å². The van der Waals surface area contributed by atoms with E-state index in [0.29, 0.717) is 50.1 Å². The third-order valence-corrected chi connectivity index (χ3v) is 5.97. The van der Waals surface area contributed by atoms with Gasteiger partial charge in [0.05, 0.1) is 11.0 Å². The van der Waals surface area contributed by atoms with Crippen LogP contribution in [0, 0.1) is 5.82 Å². The van der Waals surface area contributed by atoms with Crippen molar-refractivity contribution in [2.24, 2.45) is 0 Å². The fourth-order valence-corrected chi connectivity index (χ4v) is 4.29. The van der Waals surface area contributed by atoms with Gasteiger partial charge in [-0.3, -0.25) is 4.79 Å². The number of H-pyrrole nitrogens is 1. The van der Waals surface area contributed by atoms with Gasteiger partial charge in [-0.15, -0.1) is 0 Å². The Morgan fingerprint density at radius 3 is 2.88 bits per heavy atom. The highest BCUT2D eigenvalue weighted by Crippen LogP contribution is 2.31. The number of imidazole rings is 1. The second-order valence-electron chi connectivity index (χ2n) is 8.37. The Bertz CT molecular complexity index is 1250. The van der Waals surface area contributed by atoms with Crippen LogP contribution in [-0.2, 0) is 22.4 Å². The first-order valence-electron chi connectivity index (χ1n) is 11.2. The molecule has 0 bridgehead atoms. The van der Waals surface area contributed by atoms with E-state index in [1.165, 1.54) is 12.1 Å². The Kier molecular flexibility index (Phi) is 5.92. The molecule has 1 aliphatic rings. The molecule has 1 aliphatic heterocycles. The highest BCUT2D eigenvalue weighted by atomic mass is 19.1. The average molecular weight is 448 g/mol. The van der Waals surface area contributed by atoms with Crippen LogP contribution < -0.4 is 5.32 Å². The molecule has 0 aliphatic carbocycles. The molecule has 1 unspecified atom stereocenters. The van der Waals surface area contributed by atoms with Crippen LogP contribution in [0.3, 0.4) is 0 Å². The molecule has 7 nitrogen and oxygen atoms in total. The van der Waals surface area contributed by atoms with Crippen molar-refractivity contribution < 1.29 is 18.4 Å². The van der Waals surface area contributed by atoms with Gasteiger partial charge in [0.25, 0.3) is 5.91 Å². The van der Waals surface area contributed by atoms with Gasteiger partial charge in [0, 0.05) is 37.6 Å². The Balaban J connectivity index is 1.18. The summed E-state index contributed by atoms with van der Waals surface area (Å²) in [6, 6.07) is 16.1. The number of fused-ring (bicyclic) bond motifs is 1. The second kappa shape index (κ2) is 9.15. The van der Waals surface area contributed by atoms with Crippen molar-refractivity contribution in [3.05, 3.63) is 72.0 Å². The zero-order chi connectivity index (χ0) is 22.7. The number of carbonyl (C=O) groups excluding carboxylic acids is 1. The molecule has 2 N–H and O–H groups in total. The molecule has 4 aromatic rings. The maximum Gasteiger partial charge on any atom is 0.252 e. The molecule has 0 saturated carbocycles. The Morgan fingerprint density at radius 1 is 1.18 bits per heavy atom. The topological polar surface area (TPSA) is 93.0 Å². The number of benzene rings is 2. The number of nitrogens with zero attached hydrogens (tertiary/aromatic N) is 2. The van der Waals surface area contributed by atoms with E-state index in [-0.39, 0.29) is 11.7 Å². The summed E-state index contributed by atoms with van der Waals surface area (Å²) in [6.07, 6.45) is 3.14. The van der Waals surface area contributed by atoms with Crippen molar-refractivity contribution in [2.45, 2.75) is 37.7 Å². The van der Waals surface area contributed by atoms with Crippen LogP contribution in [0.4, 0.5) is 4.39 Å². The summed E-state index contributed by atoms with van der Waals surface area (Å²) in [7, 11) is 0. The van der Waals surface area contributed by atoms with Crippen LogP contribution >= 0.6 is 0 Å². The minimum Gasteiger partial charge on any atom is -0.365 e. The third-order valence-electron chi connectivity index (χ3n) is 5.97. The van der Waals surface area contributed by atoms with E-state index in [4.69, 9.17) is 9.26 Å². The molecule has 1 saturated heterocycles. The first-order valence-corrected chi connectivity index (χ1v) is 11.2. The quantitative estimate of drug-likeness (QED) is 0.394. The molecule has 170 valence electrons. The zero-order valence-electron chi connectivity index (χ0n) is 18.1. The molecule has 8 heteroatoms. The van der Waals surface area contributed by atoms with Gasteiger partial charge in [-0.25, -0.2) is 9.37 Å². The Hall–Kier alpha value is -3.52. The first-order chi connectivity index (χ1) is 16.1. The first kappa shape index (κ1) is 21.3. The maximum atomic E-state index is 13.4. The van der Waals surface area contributed by atoms with Crippen LogP contribution in [-0.4, -0.2) is 39.8 Å². The number of aryl methyl sites for hydroxylation is 1. The lowest BCUT2D eigenvalue weighted by Crippen LogP contribution is -2.48. The normalized spacial score (nSPS) is 18.1. The van der Waals surface area contributed by atoms with Gasteiger partial charge in [0.1, 0.15) is 23.1 Å². The largest absolute Gasteiger partial charge is 0.365 e. The second-order valence-corrected chi connectivity index (χ2v) is 8.37. The number of amides is 1. The van der Waals surface area contributed by atoms with Gasteiger partial charge in [0.15, 0.2) is 5.60 Å². The highest BCUT2D eigenvalue weighted by molar-refractivity contribution is 5.85. The molecule has 1 atom stereocenters. The number of carbonyl (C=O) groups is 1. The summed E-state index contributed by atoms with van der Waals surface area (Å²) < 4.78 is 24.8. The lowest BCUT2D eigenvalue weighted by molar-refractivity contribution is -0.141. The molecule has 5 rings (SSSR count). The van der Waals surface area contributed by atoms with Crippen molar-refractivity contribution in [3.8, 4) is 11.3 Å². The number of hydrogen-bond donors (Lipinski definition) is 2. The summed E-state index contributed by atoms with van der Waals surface area (Å²) >= 11 is 0. The van der Waals surface area contributed by atoms with Gasteiger partial charge >= 0.3 is 0 Å². The number of aromatic nitrogens is 3. The number of aromatic amines is 1. The fourth-order valence-electron chi connectivity index (χ4n) is 4.29. The van der Waals surface area contributed by atoms with Crippen molar-refractivity contribution in [2.75, 3.05) is 13.2 Å². The third kappa shape index (κ3) is 4.66. The molecule has 33 heavy (non-hydrogen) atoms. The predicted octanol–water partition coefficient (Wildman–Crippen LogP) is 4.20. The lowest BCUT2D eigenvalue weighted by atomic mass is 9.93.